The minimum Gasteiger partial charge on any atom is -0.325 e. The van der Waals surface area contributed by atoms with E-state index in [2.05, 4.69) is 26.6 Å². The van der Waals surface area contributed by atoms with Crippen LogP contribution in [0.3, 0.4) is 0 Å². The first kappa shape index (κ1) is 15.7. The topological polar surface area (TPSA) is 58.2 Å². The molecule has 2 N–H and O–H groups in total. The SMILES string of the molecule is CC1(C)C(=O)Nc2ccc(NC(=O)c3cc(F)cc(Br)c3)cc21. The van der Waals surface area contributed by atoms with Gasteiger partial charge in [0.1, 0.15) is 5.82 Å². The maximum Gasteiger partial charge on any atom is 0.255 e. The minimum atomic E-state index is -0.655. The Morgan fingerprint density at radius 2 is 1.96 bits per heavy atom. The molecule has 0 radical (unpaired) electrons. The smallest absolute Gasteiger partial charge is 0.255 e. The Labute approximate surface area is 141 Å². The number of hydrogen-bond donors (Lipinski definition) is 2. The van der Waals surface area contributed by atoms with Gasteiger partial charge in [-0.1, -0.05) is 15.9 Å². The lowest BCUT2D eigenvalue weighted by molar-refractivity contribution is -0.119. The van der Waals surface area contributed by atoms with Gasteiger partial charge in [0.2, 0.25) is 5.91 Å². The van der Waals surface area contributed by atoms with E-state index in [1.807, 2.05) is 13.8 Å². The average molecular weight is 377 g/mol. The number of carbonyl (C=O) groups excluding carboxylic acids is 2. The van der Waals surface area contributed by atoms with Gasteiger partial charge in [-0.05, 0) is 55.8 Å². The average Bonchev–Trinajstić information content (AvgIpc) is 2.68. The fourth-order valence-electron chi connectivity index (χ4n) is 2.54. The van der Waals surface area contributed by atoms with Crippen LogP contribution in [-0.2, 0) is 10.2 Å². The van der Waals surface area contributed by atoms with E-state index in [4.69, 9.17) is 0 Å². The fourth-order valence-corrected chi connectivity index (χ4v) is 3.00. The highest BCUT2D eigenvalue weighted by molar-refractivity contribution is 9.10. The second-order valence-electron chi connectivity index (χ2n) is 5.95. The van der Waals surface area contributed by atoms with Crippen molar-refractivity contribution < 1.29 is 14.0 Å². The van der Waals surface area contributed by atoms with Crippen LogP contribution in [0.1, 0.15) is 29.8 Å². The summed E-state index contributed by atoms with van der Waals surface area (Å²) in [7, 11) is 0. The number of hydrogen-bond acceptors (Lipinski definition) is 2. The Hall–Kier alpha value is -2.21. The van der Waals surface area contributed by atoms with E-state index < -0.39 is 17.1 Å². The van der Waals surface area contributed by atoms with Crippen molar-refractivity contribution in [3.8, 4) is 0 Å². The van der Waals surface area contributed by atoms with Crippen molar-refractivity contribution in [2.45, 2.75) is 19.3 Å². The van der Waals surface area contributed by atoms with Crippen molar-refractivity contribution in [3.63, 3.8) is 0 Å². The molecule has 0 saturated heterocycles. The third-order valence-corrected chi connectivity index (χ3v) is 4.35. The van der Waals surface area contributed by atoms with Crippen LogP contribution in [0.4, 0.5) is 15.8 Å². The molecular formula is C17H14BrFN2O2. The van der Waals surface area contributed by atoms with Crippen LogP contribution in [-0.4, -0.2) is 11.8 Å². The highest BCUT2D eigenvalue weighted by atomic mass is 79.9. The van der Waals surface area contributed by atoms with Crippen molar-refractivity contribution in [1.82, 2.24) is 0 Å². The van der Waals surface area contributed by atoms with Gasteiger partial charge in [-0.15, -0.1) is 0 Å². The molecule has 0 spiro atoms. The molecule has 1 heterocycles. The van der Waals surface area contributed by atoms with Gasteiger partial charge in [-0.2, -0.15) is 0 Å². The monoisotopic (exact) mass is 376 g/mol. The number of anilines is 2. The molecule has 118 valence electrons. The molecule has 2 amide bonds. The molecule has 0 atom stereocenters. The van der Waals surface area contributed by atoms with Gasteiger partial charge >= 0.3 is 0 Å². The predicted octanol–water partition coefficient (Wildman–Crippen LogP) is 4.07. The minimum absolute atomic E-state index is 0.0787. The lowest BCUT2D eigenvalue weighted by atomic mass is 9.86. The number of rotatable bonds is 2. The second-order valence-corrected chi connectivity index (χ2v) is 6.87. The number of amides is 2. The van der Waals surface area contributed by atoms with Crippen molar-refractivity contribution >= 4 is 39.1 Å². The standard InChI is InChI=1S/C17H14BrFN2O2/c1-17(2)13-8-12(3-4-14(13)21-16(17)23)20-15(22)9-5-10(18)7-11(19)6-9/h3-8H,1-2H3,(H,20,22)(H,21,23). The van der Waals surface area contributed by atoms with E-state index >= 15 is 0 Å². The Bertz CT molecular complexity index is 813. The van der Waals surface area contributed by atoms with E-state index in [0.717, 1.165) is 11.3 Å². The molecular weight excluding hydrogens is 363 g/mol. The highest BCUT2D eigenvalue weighted by Crippen LogP contribution is 2.38. The summed E-state index contributed by atoms with van der Waals surface area (Å²) in [5, 5.41) is 5.54. The zero-order chi connectivity index (χ0) is 16.8. The lowest BCUT2D eigenvalue weighted by Crippen LogP contribution is -2.26. The predicted molar refractivity (Wildman–Crippen MR) is 90.2 cm³/mol. The van der Waals surface area contributed by atoms with E-state index in [9.17, 15) is 14.0 Å². The Balaban J connectivity index is 1.89. The Morgan fingerprint density at radius 1 is 1.22 bits per heavy atom. The molecule has 0 bridgehead atoms. The van der Waals surface area contributed by atoms with Crippen molar-refractivity contribution in [3.05, 3.63) is 57.8 Å². The Kier molecular flexibility index (Phi) is 3.72. The quantitative estimate of drug-likeness (QED) is 0.829. The van der Waals surface area contributed by atoms with Crippen LogP contribution in [0.5, 0.6) is 0 Å². The molecule has 2 aromatic rings. The van der Waals surface area contributed by atoms with E-state index in [0.29, 0.717) is 10.2 Å². The second kappa shape index (κ2) is 5.45. The van der Waals surface area contributed by atoms with Crippen LogP contribution < -0.4 is 10.6 Å². The third kappa shape index (κ3) is 2.86. The van der Waals surface area contributed by atoms with Crippen molar-refractivity contribution in [1.29, 1.82) is 0 Å². The molecule has 0 fully saturated rings. The zero-order valence-electron chi connectivity index (χ0n) is 12.5. The van der Waals surface area contributed by atoms with Gasteiger partial charge in [0.15, 0.2) is 0 Å². The Morgan fingerprint density at radius 3 is 2.65 bits per heavy atom. The maximum absolute atomic E-state index is 13.4. The highest BCUT2D eigenvalue weighted by Gasteiger charge is 2.38. The molecule has 0 aliphatic carbocycles. The first-order valence-electron chi connectivity index (χ1n) is 7.01. The molecule has 0 unspecified atom stereocenters. The molecule has 6 heteroatoms. The summed E-state index contributed by atoms with van der Waals surface area (Å²) >= 11 is 3.16. The summed E-state index contributed by atoms with van der Waals surface area (Å²) in [4.78, 5) is 24.2. The number of nitrogens with one attached hydrogen (secondary N) is 2. The summed E-state index contributed by atoms with van der Waals surface area (Å²) in [6.45, 7) is 3.65. The van der Waals surface area contributed by atoms with Crippen LogP contribution in [0, 0.1) is 5.82 Å². The number of fused-ring (bicyclic) bond motifs is 1. The molecule has 3 rings (SSSR count). The first-order valence-corrected chi connectivity index (χ1v) is 7.80. The van der Waals surface area contributed by atoms with Crippen molar-refractivity contribution in [2.24, 2.45) is 0 Å². The van der Waals surface area contributed by atoms with Gasteiger partial charge in [-0.3, -0.25) is 9.59 Å². The van der Waals surface area contributed by atoms with Gasteiger partial charge in [-0.25, -0.2) is 4.39 Å². The zero-order valence-corrected chi connectivity index (χ0v) is 14.1. The molecule has 0 aromatic heterocycles. The number of benzene rings is 2. The number of halogens is 2. The summed E-state index contributed by atoms with van der Waals surface area (Å²) in [6.07, 6.45) is 0. The summed E-state index contributed by atoms with van der Waals surface area (Å²) in [6, 6.07) is 9.21. The summed E-state index contributed by atoms with van der Waals surface area (Å²) in [5.41, 5.74) is 1.68. The van der Waals surface area contributed by atoms with Gasteiger partial charge in [0, 0.05) is 21.4 Å². The van der Waals surface area contributed by atoms with Crippen molar-refractivity contribution in [2.75, 3.05) is 10.6 Å². The van der Waals surface area contributed by atoms with Crippen LogP contribution in [0.2, 0.25) is 0 Å². The van der Waals surface area contributed by atoms with Gasteiger partial charge in [0.25, 0.3) is 5.91 Å². The molecule has 1 aliphatic heterocycles. The largest absolute Gasteiger partial charge is 0.325 e. The molecule has 2 aromatic carbocycles. The molecule has 23 heavy (non-hydrogen) atoms. The number of carbonyl (C=O) groups is 2. The fraction of sp³-hybridized carbons (Fsp3) is 0.176. The van der Waals surface area contributed by atoms with E-state index in [1.165, 1.54) is 12.1 Å². The van der Waals surface area contributed by atoms with Crippen LogP contribution in [0.15, 0.2) is 40.9 Å². The van der Waals surface area contributed by atoms with Crippen LogP contribution in [0.25, 0.3) is 0 Å². The third-order valence-electron chi connectivity index (χ3n) is 3.89. The molecule has 0 saturated carbocycles. The summed E-state index contributed by atoms with van der Waals surface area (Å²) in [5.74, 6) is -0.986. The van der Waals surface area contributed by atoms with E-state index in [1.54, 1.807) is 24.3 Å². The molecule has 1 aliphatic rings. The molecule has 4 nitrogen and oxygen atoms in total. The normalized spacial score (nSPS) is 15.0. The van der Waals surface area contributed by atoms with Gasteiger partial charge < -0.3 is 10.6 Å². The van der Waals surface area contributed by atoms with Gasteiger partial charge in [0.05, 0.1) is 5.41 Å². The summed E-state index contributed by atoms with van der Waals surface area (Å²) < 4.78 is 13.9. The first-order chi connectivity index (χ1) is 10.8. The van der Waals surface area contributed by atoms with Crippen LogP contribution >= 0.6 is 15.9 Å². The lowest BCUT2D eigenvalue weighted by Gasteiger charge is -2.16. The maximum atomic E-state index is 13.4. The van der Waals surface area contributed by atoms with E-state index in [-0.39, 0.29) is 11.5 Å².